The highest BCUT2D eigenvalue weighted by atomic mass is 35.5. The van der Waals surface area contributed by atoms with E-state index < -0.39 is 5.60 Å². The van der Waals surface area contributed by atoms with Gasteiger partial charge in [-0.25, -0.2) is 4.39 Å². The number of methoxy groups -OCH3 is 1. The first kappa shape index (κ1) is 15.7. The number of ether oxygens (including phenoxy) is 2. The molecule has 112 valence electrons. The van der Waals surface area contributed by atoms with Crippen LogP contribution in [0.3, 0.4) is 0 Å². The molecule has 0 radical (unpaired) electrons. The van der Waals surface area contributed by atoms with E-state index in [9.17, 15) is 4.39 Å². The SMILES string of the molecule is COC1(C(Cc2cc(F)ccc2Cl)NN)CCOCC1. The molecule has 1 unspecified atom stereocenters. The highest BCUT2D eigenvalue weighted by molar-refractivity contribution is 6.31. The molecule has 0 aliphatic carbocycles. The molecule has 1 aromatic rings. The van der Waals surface area contributed by atoms with Gasteiger partial charge >= 0.3 is 0 Å². The van der Waals surface area contributed by atoms with Crippen molar-refractivity contribution in [3.05, 3.63) is 34.6 Å². The van der Waals surface area contributed by atoms with Crippen molar-refractivity contribution in [2.75, 3.05) is 20.3 Å². The summed E-state index contributed by atoms with van der Waals surface area (Å²) in [6.45, 7) is 1.26. The van der Waals surface area contributed by atoms with Crippen molar-refractivity contribution in [1.82, 2.24) is 5.43 Å². The second kappa shape index (κ2) is 6.83. The average molecular weight is 303 g/mol. The standard InChI is InChI=1S/C14H20ClFN2O2/c1-19-14(4-6-20-7-5-14)13(18-17)9-10-8-11(16)2-3-12(10)15/h2-3,8,13,18H,4-7,9,17H2,1H3. The van der Waals surface area contributed by atoms with Gasteiger partial charge in [-0.05, 0) is 30.2 Å². The third kappa shape index (κ3) is 3.30. The zero-order valence-corrected chi connectivity index (χ0v) is 12.3. The van der Waals surface area contributed by atoms with Crippen LogP contribution in [0.4, 0.5) is 4.39 Å². The van der Waals surface area contributed by atoms with Gasteiger partial charge in [-0.15, -0.1) is 0 Å². The van der Waals surface area contributed by atoms with Crippen LogP contribution in [-0.4, -0.2) is 32.0 Å². The number of benzene rings is 1. The summed E-state index contributed by atoms with van der Waals surface area (Å²) in [5.41, 5.74) is 3.10. The average Bonchev–Trinajstić information content (AvgIpc) is 2.48. The van der Waals surface area contributed by atoms with Gasteiger partial charge in [0.2, 0.25) is 0 Å². The number of hydrogen-bond acceptors (Lipinski definition) is 4. The molecule has 0 saturated carbocycles. The maximum absolute atomic E-state index is 13.4. The lowest BCUT2D eigenvalue weighted by molar-refractivity contribution is -0.110. The summed E-state index contributed by atoms with van der Waals surface area (Å²) in [5, 5.41) is 0.532. The van der Waals surface area contributed by atoms with Gasteiger partial charge in [0, 0.05) is 38.2 Å². The molecule has 1 atom stereocenters. The molecular formula is C14H20ClFN2O2. The zero-order valence-electron chi connectivity index (χ0n) is 11.5. The minimum absolute atomic E-state index is 0.157. The second-order valence-electron chi connectivity index (χ2n) is 5.04. The third-order valence-corrected chi connectivity index (χ3v) is 4.38. The van der Waals surface area contributed by atoms with Gasteiger partial charge < -0.3 is 9.47 Å². The van der Waals surface area contributed by atoms with E-state index in [1.54, 1.807) is 13.2 Å². The fourth-order valence-corrected chi connectivity index (χ4v) is 2.92. The first-order chi connectivity index (χ1) is 9.61. The lowest BCUT2D eigenvalue weighted by atomic mass is 9.83. The van der Waals surface area contributed by atoms with Crippen LogP contribution in [0, 0.1) is 5.82 Å². The van der Waals surface area contributed by atoms with Crippen molar-refractivity contribution in [2.45, 2.75) is 30.9 Å². The maximum atomic E-state index is 13.4. The summed E-state index contributed by atoms with van der Waals surface area (Å²) < 4.78 is 24.5. The minimum atomic E-state index is -0.414. The van der Waals surface area contributed by atoms with Gasteiger partial charge in [0.15, 0.2) is 0 Å². The highest BCUT2D eigenvalue weighted by Gasteiger charge is 2.40. The van der Waals surface area contributed by atoms with E-state index in [4.69, 9.17) is 26.9 Å². The van der Waals surface area contributed by atoms with Crippen molar-refractivity contribution < 1.29 is 13.9 Å². The number of hydrazine groups is 1. The number of halogens is 2. The molecule has 4 nitrogen and oxygen atoms in total. The fourth-order valence-electron chi connectivity index (χ4n) is 2.73. The molecule has 0 amide bonds. The van der Waals surface area contributed by atoms with Gasteiger partial charge in [-0.3, -0.25) is 11.3 Å². The first-order valence-corrected chi connectivity index (χ1v) is 7.02. The Kier molecular flexibility index (Phi) is 5.35. The number of rotatable bonds is 5. The van der Waals surface area contributed by atoms with E-state index in [2.05, 4.69) is 5.43 Å². The van der Waals surface area contributed by atoms with Crippen molar-refractivity contribution in [1.29, 1.82) is 0 Å². The summed E-state index contributed by atoms with van der Waals surface area (Å²) in [6.07, 6.45) is 1.98. The number of nitrogens with two attached hydrogens (primary N) is 1. The maximum Gasteiger partial charge on any atom is 0.123 e. The Balaban J connectivity index is 2.21. The molecule has 1 fully saturated rings. The summed E-state index contributed by atoms with van der Waals surface area (Å²) in [5.74, 6) is 5.39. The molecule has 20 heavy (non-hydrogen) atoms. The Morgan fingerprint density at radius 1 is 1.50 bits per heavy atom. The van der Waals surface area contributed by atoms with Gasteiger partial charge in [0.1, 0.15) is 5.82 Å². The van der Waals surface area contributed by atoms with Crippen LogP contribution in [0.2, 0.25) is 5.02 Å². The Bertz CT molecular complexity index is 453. The Hall–Kier alpha value is -0.720. The van der Waals surface area contributed by atoms with Crippen LogP contribution in [0.1, 0.15) is 18.4 Å². The van der Waals surface area contributed by atoms with E-state index in [1.807, 2.05) is 0 Å². The highest BCUT2D eigenvalue weighted by Crippen LogP contribution is 2.31. The quantitative estimate of drug-likeness (QED) is 0.646. The summed E-state index contributed by atoms with van der Waals surface area (Å²) >= 11 is 6.12. The predicted octanol–water partition coefficient (Wildman–Crippen LogP) is 2.05. The summed E-state index contributed by atoms with van der Waals surface area (Å²) in [7, 11) is 1.67. The Morgan fingerprint density at radius 3 is 2.80 bits per heavy atom. The summed E-state index contributed by atoms with van der Waals surface area (Å²) in [4.78, 5) is 0. The Morgan fingerprint density at radius 2 is 2.20 bits per heavy atom. The van der Waals surface area contributed by atoms with Crippen molar-refractivity contribution >= 4 is 11.6 Å². The zero-order chi connectivity index (χ0) is 14.6. The fraction of sp³-hybridized carbons (Fsp3) is 0.571. The van der Waals surface area contributed by atoms with Gasteiger partial charge in [0.05, 0.1) is 11.6 Å². The van der Waals surface area contributed by atoms with Gasteiger partial charge in [-0.2, -0.15) is 0 Å². The normalized spacial score (nSPS) is 19.8. The van der Waals surface area contributed by atoms with E-state index in [0.29, 0.717) is 24.7 Å². The van der Waals surface area contributed by atoms with Gasteiger partial charge in [-0.1, -0.05) is 11.6 Å². The van der Waals surface area contributed by atoms with E-state index in [0.717, 1.165) is 18.4 Å². The van der Waals surface area contributed by atoms with Crippen molar-refractivity contribution in [3.63, 3.8) is 0 Å². The van der Waals surface area contributed by atoms with E-state index in [1.165, 1.54) is 12.1 Å². The minimum Gasteiger partial charge on any atom is -0.381 e. The van der Waals surface area contributed by atoms with Crippen LogP contribution in [0.15, 0.2) is 18.2 Å². The van der Waals surface area contributed by atoms with Crippen LogP contribution in [0.5, 0.6) is 0 Å². The number of nitrogens with one attached hydrogen (secondary N) is 1. The molecule has 0 spiro atoms. The molecule has 1 aromatic carbocycles. The smallest absolute Gasteiger partial charge is 0.123 e. The van der Waals surface area contributed by atoms with Crippen LogP contribution >= 0.6 is 11.6 Å². The summed E-state index contributed by atoms with van der Waals surface area (Å²) in [6, 6.07) is 4.19. The Labute approximate surface area is 123 Å². The second-order valence-corrected chi connectivity index (χ2v) is 5.45. The third-order valence-electron chi connectivity index (χ3n) is 4.01. The monoisotopic (exact) mass is 302 g/mol. The van der Waals surface area contributed by atoms with Crippen molar-refractivity contribution in [3.8, 4) is 0 Å². The molecule has 1 aliphatic rings. The molecule has 1 aliphatic heterocycles. The molecule has 2 rings (SSSR count). The molecule has 3 N–H and O–H groups in total. The first-order valence-electron chi connectivity index (χ1n) is 6.64. The molecule has 0 aromatic heterocycles. The molecule has 0 bridgehead atoms. The van der Waals surface area contributed by atoms with Gasteiger partial charge in [0.25, 0.3) is 0 Å². The predicted molar refractivity (Wildman–Crippen MR) is 76.0 cm³/mol. The lowest BCUT2D eigenvalue weighted by Crippen LogP contribution is -2.58. The van der Waals surface area contributed by atoms with Crippen LogP contribution < -0.4 is 11.3 Å². The van der Waals surface area contributed by atoms with Crippen LogP contribution in [0.25, 0.3) is 0 Å². The van der Waals surface area contributed by atoms with E-state index in [-0.39, 0.29) is 11.9 Å². The molecule has 1 saturated heterocycles. The lowest BCUT2D eigenvalue weighted by Gasteiger charge is -2.42. The topological polar surface area (TPSA) is 56.5 Å². The molecule has 1 heterocycles. The van der Waals surface area contributed by atoms with Crippen LogP contribution in [-0.2, 0) is 15.9 Å². The van der Waals surface area contributed by atoms with E-state index >= 15 is 0 Å². The number of hydrogen-bond donors (Lipinski definition) is 2. The molecular weight excluding hydrogens is 283 g/mol. The largest absolute Gasteiger partial charge is 0.381 e. The van der Waals surface area contributed by atoms with Crippen molar-refractivity contribution in [2.24, 2.45) is 5.84 Å². The molecule has 6 heteroatoms.